The maximum absolute atomic E-state index is 12.5. The molecule has 6 nitrogen and oxygen atoms in total. The van der Waals surface area contributed by atoms with Crippen molar-refractivity contribution in [1.29, 1.82) is 0 Å². The number of benzene rings is 1. The van der Waals surface area contributed by atoms with Gasteiger partial charge >= 0.3 is 5.97 Å². The molecule has 0 unspecified atom stereocenters. The van der Waals surface area contributed by atoms with E-state index in [0.29, 0.717) is 18.7 Å². The summed E-state index contributed by atoms with van der Waals surface area (Å²) in [6.45, 7) is 2.49. The standard InChI is InChI=1S/C19H24N2O4/c1-13-16(18(22)12-20(2)3)11-17(21(13)10-9-19(23)24)14-5-7-15(25-4)8-6-14/h5-8,11H,9-10,12H2,1-4H3,(H,23,24). The maximum Gasteiger partial charge on any atom is 0.305 e. The first kappa shape index (κ1) is 18.7. The molecule has 134 valence electrons. The summed E-state index contributed by atoms with van der Waals surface area (Å²) in [5, 5.41) is 9.03. The number of carboxylic acids is 1. The van der Waals surface area contributed by atoms with Crippen LogP contribution in [-0.2, 0) is 11.3 Å². The first-order chi connectivity index (χ1) is 11.8. The normalized spacial score (nSPS) is 10.9. The zero-order valence-electron chi connectivity index (χ0n) is 15.1. The predicted octanol–water partition coefficient (Wildman–Crippen LogP) is 2.69. The third kappa shape index (κ3) is 4.48. The Balaban J connectivity index is 2.47. The second kappa shape index (κ2) is 7.98. The number of aromatic nitrogens is 1. The fourth-order valence-electron chi connectivity index (χ4n) is 2.80. The Morgan fingerprint density at radius 1 is 1.20 bits per heavy atom. The van der Waals surface area contributed by atoms with Gasteiger partial charge in [0.2, 0.25) is 0 Å². The number of hydrogen-bond acceptors (Lipinski definition) is 4. The molecule has 0 aliphatic heterocycles. The van der Waals surface area contributed by atoms with Gasteiger partial charge in [-0.15, -0.1) is 0 Å². The van der Waals surface area contributed by atoms with Crippen molar-refractivity contribution < 1.29 is 19.4 Å². The van der Waals surface area contributed by atoms with Gasteiger partial charge in [-0.2, -0.15) is 0 Å². The first-order valence-corrected chi connectivity index (χ1v) is 8.07. The van der Waals surface area contributed by atoms with Gasteiger partial charge in [-0.3, -0.25) is 9.59 Å². The molecule has 0 radical (unpaired) electrons. The van der Waals surface area contributed by atoms with Crippen molar-refractivity contribution >= 4 is 11.8 Å². The summed E-state index contributed by atoms with van der Waals surface area (Å²) in [5.41, 5.74) is 3.17. The molecule has 1 N–H and O–H groups in total. The molecule has 0 saturated carbocycles. The lowest BCUT2D eigenvalue weighted by Crippen LogP contribution is -2.22. The molecule has 6 heteroatoms. The molecule has 1 aromatic carbocycles. The molecule has 0 aliphatic rings. The monoisotopic (exact) mass is 344 g/mol. The second-order valence-electron chi connectivity index (χ2n) is 6.21. The van der Waals surface area contributed by atoms with Gasteiger partial charge in [0.15, 0.2) is 5.78 Å². The van der Waals surface area contributed by atoms with Crippen LogP contribution in [-0.4, -0.2) is 54.1 Å². The van der Waals surface area contributed by atoms with Crippen molar-refractivity contribution in [2.24, 2.45) is 0 Å². The molecule has 0 fully saturated rings. The summed E-state index contributed by atoms with van der Waals surface area (Å²) in [4.78, 5) is 25.3. The highest BCUT2D eigenvalue weighted by Crippen LogP contribution is 2.28. The van der Waals surface area contributed by atoms with Gasteiger partial charge in [0.1, 0.15) is 5.75 Å². The third-order valence-electron chi connectivity index (χ3n) is 4.06. The van der Waals surface area contributed by atoms with Crippen LogP contribution in [0.5, 0.6) is 5.75 Å². The third-order valence-corrected chi connectivity index (χ3v) is 4.06. The minimum Gasteiger partial charge on any atom is -0.497 e. The van der Waals surface area contributed by atoms with Crippen molar-refractivity contribution in [2.75, 3.05) is 27.7 Å². The molecular weight excluding hydrogens is 320 g/mol. The number of rotatable bonds is 8. The van der Waals surface area contributed by atoms with Crippen LogP contribution in [0.2, 0.25) is 0 Å². The molecule has 0 saturated heterocycles. The Morgan fingerprint density at radius 2 is 1.84 bits per heavy atom. The van der Waals surface area contributed by atoms with E-state index in [9.17, 15) is 9.59 Å². The lowest BCUT2D eigenvalue weighted by Gasteiger charge is -2.12. The molecule has 25 heavy (non-hydrogen) atoms. The Labute approximate surface area is 147 Å². The highest BCUT2D eigenvalue weighted by molar-refractivity contribution is 6.00. The van der Waals surface area contributed by atoms with Crippen molar-refractivity contribution in [3.8, 4) is 17.0 Å². The summed E-state index contributed by atoms with van der Waals surface area (Å²) in [6.07, 6.45) is -0.0000142. The zero-order chi connectivity index (χ0) is 18.6. The average Bonchev–Trinajstić information content (AvgIpc) is 2.89. The van der Waals surface area contributed by atoms with E-state index in [2.05, 4.69) is 0 Å². The number of methoxy groups -OCH3 is 1. The largest absolute Gasteiger partial charge is 0.497 e. The number of Topliss-reactive ketones (excluding diaryl/α,β-unsaturated/α-hetero) is 1. The number of ether oxygens (including phenoxy) is 1. The molecule has 0 amide bonds. The van der Waals surface area contributed by atoms with Crippen LogP contribution in [0.4, 0.5) is 0 Å². The Bertz CT molecular complexity index is 760. The summed E-state index contributed by atoms with van der Waals surface area (Å²) in [6, 6.07) is 9.36. The number of carbonyl (C=O) groups is 2. The zero-order valence-corrected chi connectivity index (χ0v) is 15.1. The van der Waals surface area contributed by atoms with Gasteiger partial charge in [-0.05, 0) is 56.9 Å². The van der Waals surface area contributed by atoms with Crippen molar-refractivity contribution in [1.82, 2.24) is 9.47 Å². The molecule has 2 aromatic rings. The van der Waals surface area contributed by atoms with Crippen molar-refractivity contribution in [3.05, 3.63) is 41.6 Å². The predicted molar refractivity (Wildman–Crippen MR) is 96.3 cm³/mol. The topological polar surface area (TPSA) is 71.8 Å². The summed E-state index contributed by atoms with van der Waals surface area (Å²) >= 11 is 0. The quantitative estimate of drug-likeness (QED) is 0.746. The lowest BCUT2D eigenvalue weighted by molar-refractivity contribution is -0.137. The molecule has 0 atom stereocenters. The fraction of sp³-hybridized carbons (Fsp3) is 0.368. The van der Waals surface area contributed by atoms with Gasteiger partial charge < -0.3 is 19.3 Å². The van der Waals surface area contributed by atoms with Crippen LogP contribution in [0.3, 0.4) is 0 Å². The van der Waals surface area contributed by atoms with Crippen LogP contribution in [0.25, 0.3) is 11.3 Å². The highest BCUT2D eigenvalue weighted by Gasteiger charge is 2.19. The van der Waals surface area contributed by atoms with Crippen LogP contribution >= 0.6 is 0 Å². The van der Waals surface area contributed by atoms with Crippen LogP contribution in [0.15, 0.2) is 30.3 Å². The molecular formula is C19H24N2O4. The van der Waals surface area contributed by atoms with E-state index in [1.165, 1.54) is 0 Å². The Morgan fingerprint density at radius 3 is 2.36 bits per heavy atom. The fourth-order valence-corrected chi connectivity index (χ4v) is 2.80. The molecule has 0 bridgehead atoms. The molecule has 2 rings (SSSR count). The van der Waals surface area contributed by atoms with Crippen molar-refractivity contribution in [2.45, 2.75) is 19.9 Å². The first-order valence-electron chi connectivity index (χ1n) is 8.07. The summed E-state index contributed by atoms with van der Waals surface area (Å²) in [7, 11) is 5.30. The molecule has 0 aliphatic carbocycles. The maximum atomic E-state index is 12.5. The second-order valence-corrected chi connectivity index (χ2v) is 6.21. The van der Waals surface area contributed by atoms with E-state index in [0.717, 1.165) is 22.7 Å². The Hall–Kier alpha value is -2.60. The summed E-state index contributed by atoms with van der Waals surface area (Å²) < 4.78 is 7.08. The summed E-state index contributed by atoms with van der Waals surface area (Å²) in [5.74, 6) is -0.102. The average molecular weight is 344 g/mol. The number of hydrogen-bond donors (Lipinski definition) is 1. The van der Waals surface area contributed by atoms with Gasteiger partial charge in [-0.25, -0.2) is 0 Å². The van der Waals surface area contributed by atoms with Gasteiger partial charge in [0, 0.05) is 23.5 Å². The van der Waals surface area contributed by atoms with E-state index in [4.69, 9.17) is 9.84 Å². The molecule has 1 heterocycles. The number of carboxylic acid groups (broad SMARTS) is 1. The number of likely N-dealkylation sites (N-methyl/N-ethyl adjacent to an activating group) is 1. The van der Waals surface area contributed by atoms with Crippen molar-refractivity contribution in [3.63, 3.8) is 0 Å². The lowest BCUT2D eigenvalue weighted by atomic mass is 10.1. The van der Waals surface area contributed by atoms with E-state index >= 15 is 0 Å². The highest BCUT2D eigenvalue weighted by atomic mass is 16.5. The van der Waals surface area contributed by atoms with E-state index in [1.807, 2.05) is 60.8 Å². The van der Waals surface area contributed by atoms with Crippen LogP contribution < -0.4 is 4.74 Å². The Kier molecular flexibility index (Phi) is 5.98. The van der Waals surface area contributed by atoms with E-state index in [-0.39, 0.29) is 12.2 Å². The smallest absolute Gasteiger partial charge is 0.305 e. The van der Waals surface area contributed by atoms with Crippen LogP contribution in [0, 0.1) is 6.92 Å². The minimum atomic E-state index is -0.866. The van der Waals surface area contributed by atoms with Crippen LogP contribution in [0.1, 0.15) is 22.5 Å². The number of ketones is 1. The van der Waals surface area contributed by atoms with Gasteiger partial charge in [-0.1, -0.05) is 0 Å². The van der Waals surface area contributed by atoms with E-state index in [1.54, 1.807) is 7.11 Å². The SMILES string of the molecule is COc1ccc(-c2cc(C(=O)CN(C)C)c(C)n2CCC(=O)O)cc1. The van der Waals surface area contributed by atoms with E-state index < -0.39 is 5.97 Å². The number of aliphatic carboxylic acids is 1. The van der Waals surface area contributed by atoms with Gasteiger partial charge in [0.05, 0.1) is 20.1 Å². The molecule has 1 aromatic heterocycles. The number of nitrogens with zero attached hydrogens (tertiary/aromatic N) is 2. The minimum absolute atomic E-state index is 0.0000142. The van der Waals surface area contributed by atoms with Gasteiger partial charge in [0.25, 0.3) is 0 Å². The number of carbonyl (C=O) groups excluding carboxylic acids is 1. The molecule has 0 spiro atoms.